The maximum atomic E-state index is 11.9. The normalized spacial score (nSPS) is 11.8. The Morgan fingerprint density at radius 1 is 1.23 bits per heavy atom. The minimum absolute atomic E-state index is 0.135. The number of carboxylic acids is 1. The zero-order valence-corrected chi connectivity index (χ0v) is 14.0. The van der Waals surface area contributed by atoms with Crippen molar-refractivity contribution in [2.75, 3.05) is 6.54 Å². The van der Waals surface area contributed by atoms with Gasteiger partial charge in [-0.2, -0.15) is 0 Å². The fourth-order valence-corrected chi connectivity index (χ4v) is 2.30. The van der Waals surface area contributed by atoms with E-state index in [1.165, 1.54) is 0 Å². The van der Waals surface area contributed by atoms with E-state index in [0.717, 1.165) is 0 Å². The van der Waals surface area contributed by atoms with Gasteiger partial charge in [0.15, 0.2) is 0 Å². The summed E-state index contributed by atoms with van der Waals surface area (Å²) in [5, 5.41) is 13.9. The van der Waals surface area contributed by atoms with Crippen LogP contribution in [0.3, 0.4) is 0 Å². The third-order valence-electron chi connectivity index (χ3n) is 2.87. The van der Waals surface area contributed by atoms with Crippen molar-refractivity contribution in [3.8, 4) is 0 Å². The molecule has 0 saturated carbocycles. The van der Waals surface area contributed by atoms with Gasteiger partial charge >= 0.3 is 5.97 Å². The van der Waals surface area contributed by atoms with Crippen LogP contribution in [-0.4, -0.2) is 35.5 Å². The summed E-state index contributed by atoms with van der Waals surface area (Å²) in [6, 6.07) is 5.88. The largest absolute Gasteiger partial charge is 0.480 e. The highest BCUT2D eigenvalue weighted by Gasteiger charge is 2.21. The summed E-state index contributed by atoms with van der Waals surface area (Å²) in [5.74, 6) is -1.89. The van der Waals surface area contributed by atoms with Gasteiger partial charge in [0.25, 0.3) is 5.91 Å². The number of amides is 2. The number of aliphatic carboxylic acids is 1. The first-order valence-electron chi connectivity index (χ1n) is 6.86. The molecule has 0 saturated heterocycles. The quantitative estimate of drug-likeness (QED) is 0.681. The fraction of sp³-hybridized carbons (Fsp3) is 0.400. The lowest BCUT2D eigenvalue weighted by Crippen LogP contribution is -2.46. The van der Waals surface area contributed by atoms with Gasteiger partial charge in [0.1, 0.15) is 6.04 Å². The summed E-state index contributed by atoms with van der Waals surface area (Å²) in [7, 11) is 0. The van der Waals surface area contributed by atoms with Gasteiger partial charge in [-0.1, -0.05) is 26.0 Å². The Kier molecular flexibility index (Phi) is 7.04. The van der Waals surface area contributed by atoms with Crippen molar-refractivity contribution >= 4 is 33.7 Å². The van der Waals surface area contributed by atoms with Crippen molar-refractivity contribution < 1.29 is 19.5 Å². The van der Waals surface area contributed by atoms with Crippen molar-refractivity contribution in [3.05, 3.63) is 34.3 Å². The average Bonchev–Trinajstić information content (AvgIpc) is 2.44. The van der Waals surface area contributed by atoms with E-state index in [9.17, 15) is 14.4 Å². The molecule has 0 bridgehead atoms. The molecule has 1 aromatic rings. The molecule has 1 aromatic carbocycles. The van der Waals surface area contributed by atoms with Crippen molar-refractivity contribution in [2.45, 2.75) is 26.3 Å². The highest BCUT2D eigenvalue weighted by atomic mass is 79.9. The molecule has 120 valence electrons. The second-order valence-electron chi connectivity index (χ2n) is 5.25. The van der Waals surface area contributed by atoms with Crippen molar-refractivity contribution in [3.63, 3.8) is 0 Å². The fourth-order valence-electron chi connectivity index (χ4n) is 1.84. The van der Waals surface area contributed by atoms with Crippen LogP contribution in [0, 0.1) is 5.92 Å². The number of carbonyl (C=O) groups is 3. The van der Waals surface area contributed by atoms with Gasteiger partial charge < -0.3 is 15.7 Å². The topological polar surface area (TPSA) is 95.5 Å². The number of halogens is 1. The highest BCUT2D eigenvalue weighted by Crippen LogP contribution is 2.15. The Morgan fingerprint density at radius 2 is 1.86 bits per heavy atom. The number of hydrogen-bond acceptors (Lipinski definition) is 3. The molecule has 6 nitrogen and oxygen atoms in total. The Balaban J connectivity index is 2.53. The van der Waals surface area contributed by atoms with Crippen molar-refractivity contribution in [1.29, 1.82) is 0 Å². The van der Waals surface area contributed by atoms with Gasteiger partial charge in [0, 0.05) is 4.47 Å². The number of hydrogen-bond donors (Lipinski definition) is 3. The molecule has 0 radical (unpaired) electrons. The average molecular weight is 371 g/mol. The molecule has 22 heavy (non-hydrogen) atoms. The minimum Gasteiger partial charge on any atom is -0.480 e. The monoisotopic (exact) mass is 370 g/mol. The second kappa shape index (κ2) is 8.53. The first kappa shape index (κ1) is 18.2. The number of rotatable bonds is 7. The van der Waals surface area contributed by atoms with Crippen LogP contribution < -0.4 is 10.6 Å². The van der Waals surface area contributed by atoms with Gasteiger partial charge in [-0.05, 0) is 40.4 Å². The van der Waals surface area contributed by atoms with Gasteiger partial charge in [0.05, 0.1) is 12.1 Å². The lowest BCUT2D eigenvalue weighted by molar-refractivity contribution is -0.142. The molecule has 2 amide bonds. The van der Waals surface area contributed by atoms with E-state index in [0.29, 0.717) is 16.5 Å². The molecule has 1 rings (SSSR count). The Labute approximate surface area is 137 Å². The summed E-state index contributed by atoms with van der Waals surface area (Å²) in [5.41, 5.74) is 0.410. The van der Waals surface area contributed by atoms with Gasteiger partial charge in [-0.15, -0.1) is 0 Å². The molecule has 0 aromatic heterocycles. The van der Waals surface area contributed by atoms with Crippen LogP contribution in [-0.2, 0) is 9.59 Å². The molecule has 3 N–H and O–H groups in total. The van der Waals surface area contributed by atoms with Gasteiger partial charge in [-0.3, -0.25) is 9.59 Å². The molecule has 0 fully saturated rings. The standard InChI is InChI=1S/C15H19BrN2O4/c1-9(2)7-12(15(21)22)18-13(19)8-17-14(20)10-5-3-4-6-11(10)16/h3-6,9,12H,7-8H2,1-2H3,(H,17,20)(H,18,19)(H,21,22)/t12-/m0/s1. The molecular formula is C15H19BrN2O4. The van der Waals surface area contributed by atoms with Crippen molar-refractivity contribution in [2.24, 2.45) is 5.92 Å². The lowest BCUT2D eigenvalue weighted by atomic mass is 10.0. The second-order valence-corrected chi connectivity index (χ2v) is 6.10. The van der Waals surface area contributed by atoms with Crippen LogP contribution in [0.5, 0.6) is 0 Å². The summed E-state index contributed by atoms with van der Waals surface area (Å²) >= 11 is 3.25. The van der Waals surface area contributed by atoms with Crippen LogP contribution in [0.15, 0.2) is 28.7 Å². The van der Waals surface area contributed by atoms with Crippen LogP contribution in [0.4, 0.5) is 0 Å². The zero-order chi connectivity index (χ0) is 16.7. The zero-order valence-electron chi connectivity index (χ0n) is 12.4. The number of benzene rings is 1. The van der Waals surface area contributed by atoms with E-state index in [2.05, 4.69) is 26.6 Å². The summed E-state index contributed by atoms with van der Waals surface area (Å²) in [4.78, 5) is 34.8. The SMILES string of the molecule is CC(C)C[C@H](NC(=O)CNC(=O)c1ccccc1Br)C(=O)O. The maximum absolute atomic E-state index is 11.9. The van der Waals surface area contributed by atoms with Crippen LogP contribution >= 0.6 is 15.9 Å². The Bertz CT molecular complexity index is 560. The molecule has 0 heterocycles. The third kappa shape index (κ3) is 5.85. The van der Waals surface area contributed by atoms with E-state index >= 15 is 0 Å². The molecule has 0 spiro atoms. The molecule has 0 aliphatic rings. The van der Waals surface area contributed by atoms with Gasteiger partial charge in [0.2, 0.25) is 5.91 Å². The van der Waals surface area contributed by atoms with E-state index in [-0.39, 0.29) is 12.5 Å². The van der Waals surface area contributed by atoms with Crippen LogP contribution in [0.25, 0.3) is 0 Å². The highest BCUT2D eigenvalue weighted by molar-refractivity contribution is 9.10. The van der Waals surface area contributed by atoms with Crippen LogP contribution in [0.2, 0.25) is 0 Å². The third-order valence-corrected chi connectivity index (χ3v) is 3.56. The smallest absolute Gasteiger partial charge is 0.326 e. The summed E-state index contributed by atoms with van der Waals surface area (Å²) < 4.78 is 0.621. The number of carboxylic acid groups (broad SMARTS) is 1. The summed E-state index contributed by atoms with van der Waals surface area (Å²) in [6.07, 6.45) is 0.333. The van der Waals surface area contributed by atoms with E-state index in [4.69, 9.17) is 5.11 Å². The number of nitrogens with one attached hydrogen (secondary N) is 2. The number of carbonyl (C=O) groups excluding carboxylic acids is 2. The molecule has 0 aliphatic carbocycles. The Hall–Kier alpha value is -1.89. The van der Waals surface area contributed by atoms with Gasteiger partial charge in [-0.25, -0.2) is 4.79 Å². The molecule has 7 heteroatoms. The Morgan fingerprint density at radius 3 is 2.41 bits per heavy atom. The molecule has 0 unspecified atom stereocenters. The first-order chi connectivity index (χ1) is 10.3. The maximum Gasteiger partial charge on any atom is 0.326 e. The molecule has 0 aliphatic heterocycles. The first-order valence-corrected chi connectivity index (χ1v) is 7.65. The molecular weight excluding hydrogens is 352 g/mol. The van der Waals surface area contributed by atoms with Crippen LogP contribution in [0.1, 0.15) is 30.6 Å². The van der Waals surface area contributed by atoms with E-state index < -0.39 is 23.8 Å². The lowest BCUT2D eigenvalue weighted by Gasteiger charge is -2.16. The minimum atomic E-state index is -1.08. The van der Waals surface area contributed by atoms with E-state index in [1.54, 1.807) is 24.3 Å². The van der Waals surface area contributed by atoms with E-state index in [1.807, 2.05) is 13.8 Å². The predicted molar refractivity (Wildman–Crippen MR) is 85.5 cm³/mol. The summed E-state index contributed by atoms with van der Waals surface area (Å²) in [6.45, 7) is 3.47. The van der Waals surface area contributed by atoms with Crippen molar-refractivity contribution in [1.82, 2.24) is 10.6 Å². The molecule has 1 atom stereocenters. The predicted octanol–water partition coefficient (Wildman–Crippen LogP) is 1.79.